The van der Waals surface area contributed by atoms with Crippen LogP contribution in [0.4, 0.5) is 0 Å². The van der Waals surface area contributed by atoms with E-state index in [-0.39, 0.29) is 18.4 Å². The lowest BCUT2D eigenvalue weighted by atomic mass is 10.1. The zero-order chi connectivity index (χ0) is 22.1. The first-order valence-electron chi connectivity index (χ1n) is 9.71. The Kier molecular flexibility index (Phi) is 10.3. The number of thioether (sulfide) groups is 1. The maximum absolute atomic E-state index is 13.0. The van der Waals surface area contributed by atoms with E-state index in [1.807, 2.05) is 31.2 Å². The Morgan fingerprint density at radius 3 is 2.37 bits per heavy atom. The van der Waals surface area contributed by atoms with Gasteiger partial charge in [0.15, 0.2) is 0 Å². The van der Waals surface area contributed by atoms with Crippen LogP contribution in [0.2, 0.25) is 15.1 Å². The fraction of sp³-hybridized carbons (Fsp3) is 0.364. The highest BCUT2D eigenvalue weighted by Gasteiger charge is 2.26. The molecule has 2 amide bonds. The summed E-state index contributed by atoms with van der Waals surface area (Å²) in [5.41, 5.74) is 0.745. The fourth-order valence-corrected chi connectivity index (χ4v) is 4.18. The van der Waals surface area contributed by atoms with Crippen molar-refractivity contribution in [3.63, 3.8) is 0 Å². The van der Waals surface area contributed by atoms with E-state index in [4.69, 9.17) is 34.8 Å². The van der Waals surface area contributed by atoms with Crippen LogP contribution >= 0.6 is 46.6 Å². The van der Waals surface area contributed by atoms with Crippen LogP contribution in [-0.2, 0) is 16.1 Å². The summed E-state index contributed by atoms with van der Waals surface area (Å²) in [6, 6.07) is 12.0. The summed E-state index contributed by atoms with van der Waals surface area (Å²) in [5, 5.41) is 4.53. The average Bonchev–Trinajstić information content (AvgIpc) is 2.72. The molecule has 0 saturated carbocycles. The smallest absolute Gasteiger partial charge is 0.242 e. The van der Waals surface area contributed by atoms with Gasteiger partial charge in [-0.2, -0.15) is 0 Å². The molecular formula is C22H25Cl3N2O2S. The third-order valence-electron chi connectivity index (χ3n) is 4.47. The van der Waals surface area contributed by atoms with E-state index < -0.39 is 6.04 Å². The van der Waals surface area contributed by atoms with Crippen molar-refractivity contribution in [2.75, 3.05) is 12.3 Å². The molecular weight excluding hydrogens is 463 g/mol. The van der Waals surface area contributed by atoms with Crippen molar-refractivity contribution in [3.05, 3.63) is 63.1 Å². The molecule has 0 aliphatic rings. The molecule has 1 N–H and O–H groups in total. The van der Waals surface area contributed by atoms with Crippen molar-refractivity contribution in [3.8, 4) is 0 Å². The molecule has 0 radical (unpaired) electrons. The van der Waals surface area contributed by atoms with Gasteiger partial charge in [-0.1, -0.05) is 47.8 Å². The van der Waals surface area contributed by atoms with E-state index in [0.717, 1.165) is 16.9 Å². The normalized spacial score (nSPS) is 11.8. The minimum Gasteiger partial charge on any atom is -0.354 e. The quantitative estimate of drug-likeness (QED) is 0.414. The number of carbonyl (C=O) groups is 2. The molecule has 162 valence electrons. The summed E-state index contributed by atoms with van der Waals surface area (Å²) in [5.74, 6) is 0.302. The molecule has 0 unspecified atom stereocenters. The number of amides is 2. The zero-order valence-electron chi connectivity index (χ0n) is 17.0. The Morgan fingerprint density at radius 2 is 1.73 bits per heavy atom. The Hall–Kier alpha value is -1.40. The lowest BCUT2D eigenvalue weighted by molar-refractivity contribution is -0.140. The highest BCUT2D eigenvalue weighted by Crippen LogP contribution is 2.25. The number of benzene rings is 2. The minimum absolute atomic E-state index is 0.110. The second-order valence-electron chi connectivity index (χ2n) is 6.78. The predicted octanol–water partition coefficient (Wildman–Crippen LogP) is 6.07. The van der Waals surface area contributed by atoms with Gasteiger partial charge in [-0.3, -0.25) is 9.59 Å². The van der Waals surface area contributed by atoms with Gasteiger partial charge in [-0.05, 0) is 55.3 Å². The molecule has 0 aromatic heterocycles. The molecule has 0 saturated heterocycles. The van der Waals surface area contributed by atoms with Gasteiger partial charge in [-0.25, -0.2) is 0 Å². The van der Waals surface area contributed by atoms with Crippen molar-refractivity contribution in [2.45, 2.75) is 44.2 Å². The molecule has 2 rings (SSSR count). The molecule has 2 aromatic rings. The molecule has 30 heavy (non-hydrogen) atoms. The third-order valence-corrected chi connectivity index (χ3v) is 6.32. The van der Waals surface area contributed by atoms with Gasteiger partial charge in [0.05, 0.1) is 0 Å². The van der Waals surface area contributed by atoms with Gasteiger partial charge < -0.3 is 10.2 Å². The van der Waals surface area contributed by atoms with Crippen molar-refractivity contribution in [1.29, 1.82) is 0 Å². The molecule has 0 bridgehead atoms. The van der Waals surface area contributed by atoms with Crippen LogP contribution in [0.1, 0.15) is 32.3 Å². The number of nitrogens with one attached hydrogen (secondary N) is 1. The molecule has 0 aliphatic heterocycles. The summed E-state index contributed by atoms with van der Waals surface area (Å²) in [7, 11) is 0. The monoisotopic (exact) mass is 486 g/mol. The second kappa shape index (κ2) is 12.5. The van der Waals surface area contributed by atoms with Crippen LogP contribution in [0.3, 0.4) is 0 Å². The maximum atomic E-state index is 13.0. The number of rotatable bonds is 10. The lowest BCUT2D eigenvalue weighted by Crippen LogP contribution is -2.47. The molecule has 0 spiro atoms. The summed E-state index contributed by atoms with van der Waals surface area (Å²) < 4.78 is 0. The molecule has 0 heterocycles. The number of carbonyl (C=O) groups excluding carboxylic acids is 2. The standard InChI is InChI=1S/C22H25Cl3N2O2S/c1-3-11-26-22(29)15(2)27(14-16-4-5-18(24)13-20(16)25)21(28)10-12-30-19-8-6-17(23)7-9-19/h4-9,13,15H,3,10-12,14H2,1-2H3,(H,26,29)/t15-/m1/s1. The zero-order valence-corrected chi connectivity index (χ0v) is 20.0. The largest absolute Gasteiger partial charge is 0.354 e. The number of halogens is 3. The Morgan fingerprint density at radius 1 is 1.07 bits per heavy atom. The van der Waals surface area contributed by atoms with Crippen molar-refractivity contribution >= 4 is 58.4 Å². The van der Waals surface area contributed by atoms with Crippen LogP contribution in [0.25, 0.3) is 0 Å². The van der Waals surface area contributed by atoms with Gasteiger partial charge in [-0.15, -0.1) is 11.8 Å². The van der Waals surface area contributed by atoms with Gasteiger partial charge >= 0.3 is 0 Å². The predicted molar refractivity (Wildman–Crippen MR) is 127 cm³/mol. The summed E-state index contributed by atoms with van der Waals surface area (Å²) in [4.78, 5) is 28.2. The first kappa shape index (κ1) is 24.9. The summed E-state index contributed by atoms with van der Waals surface area (Å²) in [6.45, 7) is 4.52. The molecule has 0 fully saturated rings. The van der Waals surface area contributed by atoms with E-state index in [2.05, 4.69) is 5.32 Å². The van der Waals surface area contributed by atoms with Gasteiger partial charge in [0.1, 0.15) is 6.04 Å². The second-order valence-corrected chi connectivity index (χ2v) is 9.23. The van der Waals surface area contributed by atoms with E-state index in [1.54, 1.807) is 41.8 Å². The lowest BCUT2D eigenvalue weighted by Gasteiger charge is -2.29. The molecule has 4 nitrogen and oxygen atoms in total. The molecule has 8 heteroatoms. The van der Waals surface area contributed by atoms with Crippen LogP contribution in [0.5, 0.6) is 0 Å². The third kappa shape index (κ3) is 7.69. The SMILES string of the molecule is CCCNC(=O)[C@@H](C)N(Cc1ccc(Cl)cc1Cl)C(=O)CCSc1ccc(Cl)cc1. The van der Waals surface area contributed by atoms with Crippen LogP contribution in [0.15, 0.2) is 47.4 Å². The Bertz CT molecular complexity index is 862. The van der Waals surface area contributed by atoms with Gasteiger partial charge in [0.25, 0.3) is 0 Å². The average molecular weight is 488 g/mol. The minimum atomic E-state index is -0.615. The van der Waals surface area contributed by atoms with E-state index in [0.29, 0.717) is 33.8 Å². The Labute approximate surface area is 197 Å². The van der Waals surface area contributed by atoms with E-state index in [9.17, 15) is 9.59 Å². The van der Waals surface area contributed by atoms with E-state index in [1.165, 1.54) is 0 Å². The molecule has 1 atom stereocenters. The van der Waals surface area contributed by atoms with Gasteiger partial charge in [0.2, 0.25) is 11.8 Å². The van der Waals surface area contributed by atoms with Gasteiger partial charge in [0, 0.05) is 45.2 Å². The first-order chi connectivity index (χ1) is 14.3. The number of hydrogen-bond acceptors (Lipinski definition) is 3. The molecule has 2 aromatic carbocycles. The first-order valence-corrected chi connectivity index (χ1v) is 11.8. The van der Waals surface area contributed by atoms with Crippen LogP contribution in [-0.4, -0.2) is 35.1 Å². The maximum Gasteiger partial charge on any atom is 0.242 e. The number of nitrogens with zero attached hydrogens (tertiary/aromatic N) is 1. The van der Waals surface area contributed by atoms with Crippen LogP contribution < -0.4 is 5.32 Å². The van der Waals surface area contributed by atoms with Crippen molar-refractivity contribution < 1.29 is 9.59 Å². The summed E-state index contributed by atoms with van der Waals surface area (Å²) in [6.07, 6.45) is 1.12. The summed E-state index contributed by atoms with van der Waals surface area (Å²) >= 11 is 19.8. The highest BCUT2D eigenvalue weighted by molar-refractivity contribution is 7.99. The van der Waals surface area contributed by atoms with Crippen molar-refractivity contribution in [1.82, 2.24) is 10.2 Å². The Balaban J connectivity index is 2.09. The fourth-order valence-electron chi connectivity index (χ4n) is 2.74. The number of hydrogen-bond donors (Lipinski definition) is 1. The molecule has 0 aliphatic carbocycles. The van der Waals surface area contributed by atoms with Crippen LogP contribution in [0, 0.1) is 0 Å². The van der Waals surface area contributed by atoms with E-state index >= 15 is 0 Å². The topological polar surface area (TPSA) is 49.4 Å². The highest BCUT2D eigenvalue weighted by atomic mass is 35.5. The van der Waals surface area contributed by atoms with Crippen molar-refractivity contribution in [2.24, 2.45) is 0 Å².